The van der Waals surface area contributed by atoms with E-state index >= 15 is 0 Å². The number of carbonyl (C=O) groups is 1. The van der Waals surface area contributed by atoms with Gasteiger partial charge in [0.2, 0.25) is 11.8 Å². The fraction of sp³-hybridized carbons (Fsp3) is 0.250. The van der Waals surface area contributed by atoms with Crippen LogP contribution in [0, 0.1) is 0 Å². The van der Waals surface area contributed by atoms with Crippen LogP contribution in [0.25, 0.3) is 11.1 Å². The lowest BCUT2D eigenvalue weighted by Gasteiger charge is -2.05. The van der Waals surface area contributed by atoms with Crippen LogP contribution in [0.2, 0.25) is 0 Å². The van der Waals surface area contributed by atoms with E-state index in [0.717, 1.165) is 16.7 Å². The molecule has 1 aromatic carbocycles. The molecule has 8 heteroatoms. The lowest BCUT2D eigenvalue weighted by Crippen LogP contribution is -2.14. The van der Waals surface area contributed by atoms with Crippen LogP contribution in [0.4, 0.5) is 20.5 Å². The molecule has 3 aromatic rings. The summed E-state index contributed by atoms with van der Waals surface area (Å²) in [7, 11) is 0. The fourth-order valence-electron chi connectivity index (χ4n) is 3.03. The third kappa shape index (κ3) is 3.33. The molecular weight excluding hydrogens is 366 g/mol. The zero-order valence-electron chi connectivity index (χ0n) is 15.1. The number of nitrogens with zero attached hydrogens (tertiary/aromatic N) is 2. The lowest BCUT2D eigenvalue weighted by atomic mass is 10.0. The molecular formula is C20H18F2N4O2. The highest BCUT2D eigenvalue weighted by Crippen LogP contribution is 2.61. The van der Waals surface area contributed by atoms with Gasteiger partial charge >= 0.3 is 0 Å². The maximum Gasteiger partial charge on any atom is 0.260 e. The summed E-state index contributed by atoms with van der Waals surface area (Å²) in [5.74, 6) is -2.59. The van der Waals surface area contributed by atoms with Gasteiger partial charge in [0.25, 0.3) is 5.92 Å². The Hall–Kier alpha value is -3.29. The summed E-state index contributed by atoms with van der Waals surface area (Å²) >= 11 is 0. The molecule has 6 nitrogen and oxygen atoms in total. The van der Waals surface area contributed by atoms with Gasteiger partial charge in [0.05, 0.1) is 17.5 Å². The van der Waals surface area contributed by atoms with E-state index in [2.05, 4.69) is 15.5 Å². The van der Waals surface area contributed by atoms with Gasteiger partial charge < -0.3 is 10.3 Å². The van der Waals surface area contributed by atoms with E-state index in [1.54, 1.807) is 12.3 Å². The first-order valence-corrected chi connectivity index (χ1v) is 8.73. The van der Waals surface area contributed by atoms with Crippen molar-refractivity contribution in [2.45, 2.75) is 31.1 Å². The summed E-state index contributed by atoms with van der Waals surface area (Å²) < 4.78 is 31.8. The van der Waals surface area contributed by atoms with Crippen LogP contribution in [0.1, 0.15) is 24.6 Å². The Labute approximate surface area is 159 Å². The second kappa shape index (κ2) is 6.40. The van der Waals surface area contributed by atoms with E-state index in [0.29, 0.717) is 5.82 Å². The summed E-state index contributed by atoms with van der Waals surface area (Å²) in [6, 6.07) is 12.4. The van der Waals surface area contributed by atoms with Crippen molar-refractivity contribution < 1.29 is 18.1 Å². The number of rotatable bonds is 5. The Morgan fingerprint density at radius 3 is 2.50 bits per heavy atom. The number of nitrogen functional groups attached to an aromatic ring is 1. The molecule has 1 atom stereocenters. The highest BCUT2D eigenvalue weighted by Gasteiger charge is 2.70. The normalized spacial score (nSPS) is 20.0. The van der Waals surface area contributed by atoms with Crippen molar-refractivity contribution in [3.05, 3.63) is 59.9 Å². The molecule has 1 unspecified atom stereocenters. The molecule has 3 N–H and O–H groups in total. The molecule has 1 aliphatic carbocycles. The third-order valence-electron chi connectivity index (χ3n) is 5.03. The van der Waals surface area contributed by atoms with Crippen molar-refractivity contribution in [3.63, 3.8) is 0 Å². The Balaban J connectivity index is 1.38. The Kier molecular flexibility index (Phi) is 4.14. The van der Waals surface area contributed by atoms with E-state index in [9.17, 15) is 13.6 Å². The number of alkyl halides is 2. The van der Waals surface area contributed by atoms with Crippen LogP contribution >= 0.6 is 0 Å². The van der Waals surface area contributed by atoms with E-state index in [4.69, 9.17) is 10.3 Å². The highest BCUT2D eigenvalue weighted by molar-refractivity contribution is 5.91. The standard InChI is InChI=1S/C20H18F2N4O2/c1-19(11-20(19,21)22)15-9-18(28-26-15)25-17(27)8-12-2-4-13(5-3-12)14-6-7-16(23)24-10-14/h2-7,9-10H,8,11H2,1H3,(H2,23,24)(H,25,27). The third-order valence-corrected chi connectivity index (χ3v) is 5.03. The van der Waals surface area contributed by atoms with E-state index in [1.807, 2.05) is 30.3 Å². The highest BCUT2D eigenvalue weighted by atomic mass is 19.3. The van der Waals surface area contributed by atoms with Gasteiger partial charge in [-0.2, -0.15) is 0 Å². The number of amides is 1. The van der Waals surface area contributed by atoms with Crippen LogP contribution < -0.4 is 11.1 Å². The van der Waals surface area contributed by atoms with Gasteiger partial charge in [-0.05, 0) is 30.2 Å². The number of benzene rings is 1. The first kappa shape index (κ1) is 18.1. The molecule has 4 rings (SSSR count). The van der Waals surface area contributed by atoms with Gasteiger partial charge in [0.1, 0.15) is 5.82 Å². The molecule has 0 saturated heterocycles. The van der Waals surface area contributed by atoms with Crippen molar-refractivity contribution in [1.29, 1.82) is 0 Å². The van der Waals surface area contributed by atoms with Gasteiger partial charge in [-0.15, -0.1) is 0 Å². The average molecular weight is 384 g/mol. The average Bonchev–Trinajstić information content (AvgIpc) is 2.96. The summed E-state index contributed by atoms with van der Waals surface area (Å²) in [6.45, 7) is 1.43. The number of hydrogen-bond donors (Lipinski definition) is 2. The van der Waals surface area contributed by atoms with Gasteiger partial charge in [0.15, 0.2) is 0 Å². The van der Waals surface area contributed by atoms with E-state index in [1.165, 1.54) is 13.0 Å². The second-order valence-corrected chi connectivity index (χ2v) is 7.18. The Morgan fingerprint density at radius 1 is 1.21 bits per heavy atom. The molecule has 0 aliphatic heterocycles. The molecule has 0 radical (unpaired) electrons. The molecule has 28 heavy (non-hydrogen) atoms. The fourth-order valence-corrected chi connectivity index (χ4v) is 3.03. The number of aromatic nitrogens is 2. The number of halogens is 2. The van der Waals surface area contributed by atoms with Crippen LogP contribution in [0.5, 0.6) is 0 Å². The minimum Gasteiger partial charge on any atom is -0.384 e. The maximum atomic E-state index is 13.4. The summed E-state index contributed by atoms with van der Waals surface area (Å²) in [5.41, 5.74) is 7.09. The number of anilines is 2. The molecule has 1 amide bonds. The lowest BCUT2D eigenvalue weighted by molar-refractivity contribution is -0.115. The summed E-state index contributed by atoms with van der Waals surface area (Å²) in [4.78, 5) is 16.3. The van der Waals surface area contributed by atoms with Crippen LogP contribution in [-0.4, -0.2) is 22.0 Å². The van der Waals surface area contributed by atoms with Crippen LogP contribution in [-0.2, 0) is 16.6 Å². The minimum absolute atomic E-state index is 0.0634. The molecule has 1 saturated carbocycles. The molecule has 0 spiro atoms. The van der Waals surface area contributed by atoms with Gasteiger partial charge in [0, 0.05) is 24.2 Å². The summed E-state index contributed by atoms with van der Waals surface area (Å²) in [6.07, 6.45) is 1.53. The quantitative estimate of drug-likeness (QED) is 0.698. The summed E-state index contributed by atoms with van der Waals surface area (Å²) in [5, 5.41) is 6.23. The Bertz CT molecular complexity index is 1020. The van der Waals surface area contributed by atoms with Crippen molar-refractivity contribution >= 4 is 17.6 Å². The van der Waals surface area contributed by atoms with Crippen molar-refractivity contribution in [2.24, 2.45) is 0 Å². The zero-order valence-corrected chi connectivity index (χ0v) is 15.1. The molecule has 144 valence electrons. The number of hydrogen-bond acceptors (Lipinski definition) is 5. The molecule has 1 aliphatic rings. The van der Waals surface area contributed by atoms with Gasteiger partial charge in [-0.3, -0.25) is 10.1 Å². The van der Waals surface area contributed by atoms with Gasteiger partial charge in [-0.25, -0.2) is 13.8 Å². The molecule has 0 bridgehead atoms. The van der Waals surface area contributed by atoms with Crippen LogP contribution in [0.15, 0.2) is 53.2 Å². The number of carbonyl (C=O) groups excluding carboxylic acids is 1. The molecule has 2 aromatic heterocycles. The van der Waals surface area contributed by atoms with Crippen molar-refractivity contribution in [3.8, 4) is 11.1 Å². The molecule has 1 fully saturated rings. The topological polar surface area (TPSA) is 94.0 Å². The maximum absolute atomic E-state index is 13.4. The van der Waals surface area contributed by atoms with E-state index in [-0.39, 0.29) is 30.3 Å². The SMILES string of the molecule is CC1(c2cc(NC(=O)Cc3ccc(-c4ccc(N)nc4)cc3)on2)CC1(F)F. The first-order chi connectivity index (χ1) is 13.3. The van der Waals surface area contributed by atoms with Crippen molar-refractivity contribution in [1.82, 2.24) is 10.1 Å². The largest absolute Gasteiger partial charge is 0.384 e. The predicted octanol–water partition coefficient (Wildman–Crippen LogP) is 3.80. The monoisotopic (exact) mass is 384 g/mol. The number of nitrogens with two attached hydrogens (primary N) is 1. The smallest absolute Gasteiger partial charge is 0.260 e. The van der Waals surface area contributed by atoms with Gasteiger partial charge in [-0.1, -0.05) is 29.4 Å². The predicted molar refractivity (Wildman–Crippen MR) is 99.8 cm³/mol. The zero-order chi connectivity index (χ0) is 19.9. The van der Waals surface area contributed by atoms with Crippen molar-refractivity contribution in [2.75, 3.05) is 11.1 Å². The second-order valence-electron chi connectivity index (χ2n) is 7.18. The van der Waals surface area contributed by atoms with E-state index < -0.39 is 11.3 Å². The minimum atomic E-state index is -2.78. The Morgan fingerprint density at radius 2 is 1.89 bits per heavy atom. The molecule has 2 heterocycles. The number of nitrogens with one attached hydrogen (secondary N) is 1. The first-order valence-electron chi connectivity index (χ1n) is 8.73. The number of pyridine rings is 1. The van der Waals surface area contributed by atoms with Crippen LogP contribution in [0.3, 0.4) is 0 Å².